The number of carbonyl (C=O) groups is 2. The molecular weight excluding hydrogens is 478 g/mol. The van der Waals surface area contributed by atoms with Crippen molar-refractivity contribution in [2.24, 2.45) is 11.3 Å². The second-order valence-corrected chi connectivity index (χ2v) is 12.9. The molecule has 0 spiro atoms. The Hall–Kier alpha value is -2.45. The molecule has 6 nitrogen and oxygen atoms in total. The first-order valence-electron chi connectivity index (χ1n) is 12.4. The number of carbonyl (C=O) groups excluding carboxylic acids is 2. The van der Waals surface area contributed by atoms with Crippen LogP contribution in [-0.4, -0.2) is 24.0 Å². The Labute approximate surface area is 214 Å². The van der Waals surface area contributed by atoms with Gasteiger partial charge in [-0.2, -0.15) is 0 Å². The Kier molecular flexibility index (Phi) is 6.38. The van der Waals surface area contributed by atoms with Crippen LogP contribution in [0.2, 0.25) is 0 Å². The smallest absolute Gasteiger partial charge is 0.341 e. The van der Waals surface area contributed by atoms with Gasteiger partial charge in [0.15, 0.2) is 0 Å². The topological polar surface area (TPSA) is 94.3 Å². The maximum atomic E-state index is 13.4. The molecule has 8 heteroatoms. The molecule has 0 bridgehead atoms. The van der Waals surface area contributed by atoms with Crippen LogP contribution < -0.4 is 11.1 Å². The molecule has 3 heterocycles. The van der Waals surface area contributed by atoms with Gasteiger partial charge in [-0.15, -0.1) is 22.7 Å². The lowest BCUT2D eigenvalue weighted by molar-refractivity contribution is 0.0600. The number of rotatable bonds is 3. The first kappa shape index (κ1) is 24.3. The van der Waals surface area contributed by atoms with Gasteiger partial charge in [-0.25, -0.2) is 9.78 Å². The largest absolute Gasteiger partial charge is 0.465 e. The molecule has 3 N–H and O–H groups in total. The van der Waals surface area contributed by atoms with Crippen LogP contribution in [0.4, 0.5) is 10.7 Å². The van der Waals surface area contributed by atoms with Crippen LogP contribution >= 0.6 is 22.7 Å². The van der Waals surface area contributed by atoms with Crippen molar-refractivity contribution in [2.75, 3.05) is 18.2 Å². The summed E-state index contributed by atoms with van der Waals surface area (Å²) in [6.07, 6.45) is 8.25. The van der Waals surface area contributed by atoms with Gasteiger partial charge in [-0.1, -0.05) is 27.2 Å². The molecular formula is C27H33N3O3S2. The number of thiophene rings is 2. The molecule has 3 aromatic rings. The summed E-state index contributed by atoms with van der Waals surface area (Å²) >= 11 is 2.83. The number of hydrogen-bond acceptors (Lipinski definition) is 7. The Morgan fingerprint density at radius 2 is 1.91 bits per heavy atom. The highest BCUT2D eigenvalue weighted by molar-refractivity contribution is 7.21. The zero-order valence-electron chi connectivity index (χ0n) is 20.9. The van der Waals surface area contributed by atoms with E-state index in [2.05, 4.69) is 32.2 Å². The van der Waals surface area contributed by atoms with E-state index in [9.17, 15) is 9.59 Å². The molecule has 3 aromatic heterocycles. The van der Waals surface area contributed by atoms with Gasteiger partial charge in [-0.05, 0) is 73.5 Å². The quantitative estimate of drug-likeness (QED) is 0.313. The molecule has 0 fully saturated rings. The molecule has 2 aliphatic rings. The lowest BCUT2D eigenvalue weighted by Crippen LogP contribution is -2.26. The van der Waals surface area contributed by atoms with Crippen molar-refractivity contribution in [1.82, 2.24) is 4.98 Å². The van der Waals surface area contributed by atoms with E-state index >= 15 is 0 Å². The molecule has 0 aromatic carbocycles. The predicted octanol–water partition coefficient (Wildman–Crippen LogP) is 6.40. The van der Waals surface area contributed by atoms with Crippen molar-refractivity contribution in [3.8, 4) is 0 Å². The number of anilines is 2. The third-order valence-electron chi connectivity index (χ3n) is 7.56. The average Bonchev–Trinajstić information content (AvgIpc) is 3.23. The summed E-state index contributed by atoms with van der Waals surface area (Å²) in [5.41, 5.74) is 11.0. The van der Waals surface area contributed by atoms with Crippen molar-refractivity contribution < 1.29 is 14.3 Å². The zero-order valence-corrected chi connectivity index (χ0v) is 22.5. The molecule has 0 saturated carbocycles. The van der Waals surface area contributed by atoms with Crippen LogP contribution in [0.1, 0.15) is 88.2 Å². The maximum Gasteiger partial charge on any atom is 0.341 e. The summed E-state index contributed by atoms with van der Waals surface area (Å²) in [5.74, 6) is -0.166. The van der Waals surface area contributed by atoms with E-state index in [4.69, 9.17) is 15.5 Å². The van der Waals surface area contributed by atoms with Crippen molar-refractivity contribution in [2.45, 2.75) is 72.1 Å². The molecule has 0 saturated heterocycles. The first-order chi connectivity index (χ1) is 16.7. The van der Waals surface area contributed by atoms with Crippen LogP contribution in [0.5, 0.6) is 0 Å². The van der Waals surface area contributed by atoms with Gasteiger partial charge >= 0.3 is 5.97 Å². The molecule has 1 atom stereocenters. The highest BCUT2D eigenvalue weighted by Gasteiger charge is 2.34. The fraction of sp³-hybridized carbons (Fsp3) is 0.519. The minimum Gasteiger partial charge on any atom is -0.465 e. The average molecular weight is 512 g/mol. The number of hydrogen-bond donors (Lipinski definition) is 2. The van der Waals surface area contributed by atoms with Gasteiger partial charge in [0.05, 0.1) is 18.4 Å². The van der Waals surface area contributed by atoms with Crippen molar-refractivity contribution in [3.05, 3.63) is 38.2 Å². The normalized spacial score (nSPS) is 18.0. The fourth-order valence-electron chi connectivity index (χ4n) is 5.40. The van der Waals surface area contributed by atoms with Gasteiger partial charge in [0, 0.05) is 16.0 Å². The van der Waals surface area contributed by atoms with E-state index < -0.39 is 5.97 Å². The van der Waals surface area contributed by atoms with Gasteiger partial charge < -0.3 is 15.8 Å². The fourth-order valence-corrected chi connectivity index (χ4v) is 7.70. The van der Waals surface area contributed by atoms with Gasteiger partial charge in [0.2, 0.25) is 0 Å². The minimum absolute atomic E-state index is 0.188. The van der Waals surface area contributed by atoms with E-state index in [1.807, 2.05) is 0 Å². The van der Waals surface area contributed by atoms with Crippen LogP contribution in [0, 0.1) is 11.3 Å². The predicted molar refractivity (Wildman–Crippen MR) is 144 cm³/mol. The molecule has 35 heavy (non-hydrogen) atoms. The summed E-state index contributed by atoms with van der Waals surface area (Å²) in [7, 11) is 1.39. The van der Waals surface area contributed by atoms with Gasteiger partial charge in [0.25, 0.3) is 5.91 Å². The minimum atomic E-state index is -0.401. The number of nitrogens with zero attached hydrogens (tertiary/aromatic N) is 1. The molecule has 1 amide bonds. The number of nitrogens with two attached hydrogens (primary N) is 1. The zero-order chi connectivity index (χ0) is 24.9. The number of fused-ring (bicyclic) bond motifs is 3. The van der Waals surface area contributed by atoms with E-state index in [-0.39, 0.29) is 11.3 Å². The monoisotopic (exact) mass is 511 g/mol. The Bertz CT molecular complexity index is 1320. The van der Waals surface area contributed by atoms with Gasteiger partial charge in [0.1, 0.15) is 14.7 Å². The Balaban J connectivity index is 1.48. The van der Waals surface area contributed by atoms with Crippen molar-refractivity contribution in [3.63, 3.8) is 0 Å². The Morgan fingerprint density at radius 1 is 1.14 bits per heavy atom. The number of nitrogens with one attached hydrogen (secondary N) is 1. The number of aryl methyl sites for hydroxylation is 2. The third kappa shape index (κ3) is 4.47. The number of pyridine rings is 1. The molecule has 186 valence electrons. The van der Waals surface area contributed by atoms with Crippen LogP contribution in [0.25, 0.3) is 10.2 Å². The number of amides is 1. The summed E-state index contributed by atoms with van der Waals surface area (Å²) in [6, 6.07) is 2.13. The number of ether oxygens (including phenoxy) is 1. The number of nitrogen functional groups attached to an aromatic ring is 1. The molecule has 2 aliphatic carbocycles. The highest BCUT2D eigenvalue weighted by Crippen LogP contribution is 2.45. The maximum absolute atomic E-state index is 13.4. The summed E-state index contributed by atoms with van der Waals surface area (Å²) in [4.78, 5) is 33.5. The van der Waals surface area contributed by atoms with Crippen molar-refractivity contribution >= 4 is 55.5 Å². The van der Waals surface area contributed by atoms with Crippen LogP contribution in [0.15, 0.2) is 6.07 Å². The SMILES string of the molecule is COC(=O)c1c(NC(=O)c2sc3nc4c(cc3c2N)CCCCC4)sc2c1CCC(C(C)(C)C)C2. The second kappa shape index (κ2) is 9.21. The number of methoxy groups -OCH3 is 1. The van der Waals surface area contributed by atoms with Crippen LogP contribution in [0.3, 0.4) is 0 Å². The second-order valence-electron chi connectivity index (χ2n) is 10.8. The lowest BCUT2D eigenvalue weighted by Gasteiger charge is -2.33. The van der Waals surface area contributed by atoms with Crippen molar-refractivity contribution in [1.29, 1.82) is 0 Å². The highest BCUT2D eigenvalue weighted by atomic mass is 32.1. The number of aromatic nitrogens is 1. The molecule has 1 unspecified atom stereocenters. The van der Waals surface area contributed by atoms with E-state index in [1.54, 1.807) is 0 Å². The molecule has 0 radical (unpaired) electrons. The molecule has 0 aliphatic heterocycles. The van der Waals surface area contributed by atoms with E-state index in [0.717, 1.165) is 66.4 Å². The summed E-state index contributed by atoms with van der Waals surface area (Å²) < 4.78 is 5.11. The number of esters is 1. The Morgan fingerprint density at radius 3 is 2.66 bits per heavy atom. The standard InChI is InChI=1S/C27H33N3O3S2/c1-27(2,3)15-10-11-16-19(13-15)34-25(20(16)26(32)33-4)30-23(31)22-21(28)17-12-14-8-6-5-7-9-18(14)29-24(17)35-22/h12,15H,5-11,13,28H2,1-4H3,(H,30,31). The molecule has 5 rings (SSSR count). The van der Waals surface area contributed by atoms with E-state index in [0.29, 0.717) is 27.0 Å². The first-order valence-corrected chi connectivity index (χ1v) is 14.1. The van der Waals surface area contributed by atoms with E-state index in [1.165, 1.54) is 46.6 Å². The van der Waals surface area contributed by atoms with Gasteiger partial charge in [-0.3, -0.25) is 4.79 Å². The summed E-state index contributed by atoms with van der Waals surface area (Å²) in [5, 5.41) is 4.43. The lowest BCUT2D eigenvalue weighted by atomic mass is 9.72. The third-order valence-corrected chi connectivity index (χ3v) is 9.85. The summed E-state index contributed by atoms with van der Waals surface area (Å²) in [6.45, 7) is 6.79. The van der Waals surface area contributed by atoms with Crippen LogP contribution in [-0.2, 0) is 30.4 Å².